The molecule has 2 saturated heterocycles. The standard InChI is InChI=1S/C22H37N5O/c1-5-25(18(2)3)12-11-24-22(23-4)27-16-20-21(17-27)28-14-13-26(20)15-19-9-7-6-8-10-19/h6-10,18,20-21H,5,11-17H2,1-4H3,(H,23,24). The topological polar surface area (TPSA) is 43.3 Å². The number of likely N-dealkylation sites (tertiary alicyclic amines) is 1. The van der Waals surface area contributed by atoms with Gasteiger partial charge in [0, 0.05) is 52.4 Å². The lowest BCUT2D eigenvalue weighted by Crippen LogP contribution is -2.50. The van der Waals surface area contributed by atoms with Crippen LogP contribution >= 0.6 is 0 Å². The number of rotatable bonds is 7. The average molecular weight is 388 g/mol. The molecule has 0 saturated carbocycles. The van der Waals surface area contributed by atoms with Crippen LogP contribution in [0.25, 0.3) is 0 Å². The van der Waals surface area contributed by atoms with Gasteiger partial charge >= 0.3 is 0 Å². The minimum absolute atomic E-state index is 0.263. The molecule has 1 aromatic rings. The molecule has 2 unspecified atom stereocenters. The lowest BCUT2D eigenvalue weighted by Gasteiger charge is -2.36. The monoisotopic (exact) mass is 387 g/mol. The Bertz CT molecular complexity index is 621. The van der Waals surface area contributed by atoms with Gasteiger partial charge in [-0.3, -0.25) is 14.8 Å². The van der Waals surface area contributed by atoms with Crippen molar-refractivity contribution in [2.45, 2.75) is 45.5 Å². The Hall–Kier alpha value is -1.63. The molecule has 0 spiro atoms. The largest absolute Gasteiger partial charge is 0.373 e. The zero-order chi connectivity index (χ0) is 19.9. The van der Waals surface area contributed by atoms with Crippen molar-refractivity contribution in [3.8, 4) is 0 Å². The molecule has 0 amide bonds. The second kappa shape index (κ2) is 10.2. The lowest BCUT2D eigenvalue weighted by atomic mass is 10.1. The highest BCUT2D eigenvalue weighted by Gasteiger charge is 2.41. The van der Waals surface area contributed by atoms with Gasteiger partial charge in [0.2, 0.25) is 0 Å². The van der Waals surface area contributed by atoms with E-state index in [2.05, 4.69) is 76.1 Å². The maximum Gasteiger partial charge on any atom is 0.193 e. The number of hydrogen-bond donors (Lipinski definition) is 1. The van der Waals surface area contributed by atoms with E-state index in [1.54, 1.807) is 0 Å². The Balaban J connectivity index is 1.55. The first-order chi connectivity index (χ1) is 13.6. The van der Waals surface area contributed by atoms with Crippen LogP contribution in [0.1, 0.15) is 26.3 Å². The fourth-order valence-corrected chi connectivity index (χ4v) is 4.37. The van der Waals surface area contributed by atoms with Gasteiger partial charge in [0.1, 0.15) is 0 Å². The molecule has 1 N–H and O–H groups in total. The van der Waals surface area contributed by atoms with Gasteiger partial charge < -0.3 is 15.0 Å². The molecule has 6 heteroatoms. The van der Waals surface area contributed by atoms with Gasteiger partial charge in [-0.05, 0) is 26.0 Å². The SMILES string of the molecule is CCN(CCNC(=NC)N1CC2OCCN(Cc3ccccc3)C2C1)C(C)C. The van der Waals surface area contributed by atoms with Gasteiger partial charge in [-0.25, -0.2) is 0 Å². The van der Waals surface area contributed by atoms with E-state index in [0.29, 0.717) is 12.1 Å². The molecule has 2 heterocycles. The molecule has 0 radical (unpaired) electrons. The van der Waals surface area contributed by atoms with Gasteiger partial charge in [-0.2, -0.15) is 0 Å². The number of morpholine rings is 1. The summed E-state index contributed by atoms with van der Waals surface area (Å²) in [6, 6.07) is 11.8. The second-order valence-electron chi connectivity index (χ2n) is 8.03. The van der Waals surface area contributed by atoms with Crippen LogP contribution in [0.5, 0.6) is 0 Å². The quantitative estimate of drug-likeness (QED) is 0.572. The molecule has 2 atom stereocenters. The van der Waals surface area contributed by atoms with Crippen LogP contribution in [-0.2, 0) is 11.3 Å². The molecule has 28 heavy (non-hydrogen) atoms. The first-order valence-corrected chi connectivity index (χ1v) is 10.7. The highest BCUT2D eigenvalue weighted by atomic mass is 16.5. The highest BCUT2D eigenvalue weighted by molar-refractivity contribution is 5.80. The molecular formula is C22H37N5O. The van der Waals surface area contributed by atoms with Crippen molar-refractivity contribution in [2.24, 2.45) is 4.99 Å². The van der Waals surface area contributed by atoms with Crippen LogP contribution < -0.4 is 5.32 Å². The second-order valence-corrected chi connectivity index (χ2v) is 8.03. The molecule has 0 bridgehead atoms. The number of fused-ring (bicyclic) bond motifs is 1. The van der Waals surface area contributed by atoms with Gasteiger partial charge in [0.15, 0.2) is 5.96 Å². The van der Waals surface area contributed by atoms with Crippen LogP contribution in [0, 0.1) is 0 Å². The maximum atomic E-state index is 6.11. The molecule has 0 aliphatic carbocycles. The fourth-order valence-electron chi connectivity index (χ4n) is 4.37. The minimum Gasteiger partial charge on any atom is -0.373 e. The Morgan fingerprint density at radius 2 is 2.07 bits per heavy atom. The number of likely N-dealkylation sites (N-methyl/N-ethyl adjacent to an activating group) is 1. The van der Waals surface area contributed by atoms with Crippen molar-refractivity contribution in [1.82, 2.24) is 20.0 Å². The van der Waals surface area contributed by atoms with Gasteiger partial charge in [0.25, 0.3) is 0 Å². The highest BCUT2D eigenvalue weighted by Crippen LogP contribution is 2.24. The zero-order valence-corrected chi connectivity index (χ0v) is 18.0. The van der Waals surface area contributed by atoms with E-state index < -0.39 is 0 Å². The summed E-state index contributed by atoms with van der Waals surface area (Å²) in [5.74, 6) is 0.998. The summed E-state index contributed by atoms with van der Waals surface area (Å²) in [5, 5.41) is 3.57. The number of aliphatic imine (C=N–C) groups is 1. The van der Waals surface area contributed by atoms with Crippen molar-refractivity contribution in [1.29, 1.82) is 0 Å². The van der Waals surface area contributed by atoms with Crippen molar-refractivity contribution >= 4 is 5.96 Å². The van der Waals surface area contributed by atoms with Crippen LogP contribution in [-0.4, -0.2) is 91.8 Å². The molecule has 2 aliphatic heterocycles. The smallest absolute Gasteiger partial charge is 0.193 e. The molecule has 3 rings (SSSR count). The third kappa shape index (κ3) is 5.25. The maximum absolute atomic E-state index is 6.11. The molecule has 2 aliphatic rings. The molecule has 156 valence electrons. The number of nitrogens with one attached hydrogen (secondary N) is 1. The van der Waals surface area contributed by atoms with Crippen LogP contribution in [0.4, 0.5) is 0 Å². The summed E-state index contributed by atoms with van der Waals surface area (Å²) in [4.78, 5) is 12.0. The predicted octanol–water partition coefficient (Wildman–Crippen LogP) is 1.88. The average Bonchev–Trinajstić information content (AvgIpc) is 3.14. The molecule has 2 fully saturated rings. The van der Waals surface area contributed by atoms with Crippen LogP contribution in [0.15, 0.2) is 35.3 Å². The van der Waals surface area contributed by atoms with E-state index in [-0.39, 0.29) is 6.10 Å². The Labute approximate surface area is 170 Å². The van der Waals surface area contributed by atoms with Crippen molar-refractivity contribution < 1.29 is 4.74 Å². The Morgan fingerprint density at radius 1 is 1.29 bits per heavy atom. The Kier molecular flexibility index (Phi) is 7.71. The van der Waals surface area contributed by atoms with Crippen molar-refractivity contribution in [3.05, 3.63) is 35.9 Å². The first-order valence-electron chi connectivity index (χ1n) is 10.7. The predicted molar refractivity (Wildman–Crippen MR) is 116 cm³/mol. The number of hydrogen-bond acceptors (Lipinski definition) is 4. The third-order valence-corrected chi connectivity index (χ3v) is 5.97. The normalized spacial score (nSPS) is 23.5. The van der Waals surface area contributed by atoms with E-state index in [4.69, 9.17) is 4.74 Å². The van der Waals surface area contributed by atoms with Gasteiger partial charge in [-0.15, -0.1) is 0 Å². The summed E-state index contributed by atoms with van der Waals surface area (Å²) >= 11 is 0. The van der Waals surface area contributed by atoms with Crippen LogP contribution in [0.3, 0.4) is 0 Å². The Morgan fingerprint density at radius 3 is 2.75 bits per heavy atom. The van der Waals surface area contributed by atoms with E-state index in [1.165, 1.54) is 5.56 Å². The van der Waals surface area contributed by atoms with Crippen molar-refractivity contribution in [3.63, 3.8) is 0 Å². The fraction of sp³-hybridized carbons (Fsp3) is 0.682. The van der Waals surface area contributed by atoms with Gasteiger partial charge in [0.05, 0.1) is 18.8 Å². The number of nitrogens with zero attached hydrogens (tertiary/aromatic N) is 4. The number of ether oxygens (including phenoxy) is 1. The summed E-state index contributed by atoms with van der Waals surface area (Å²) in [5.41, 5.74) is 1.37. The zero-order valence-electron chi connectivity index (χ0n) is 18.0. The molecule has 6 nitrogen and oxygen atoms in total. The minimum atomic E-state index is 0.263. The van der Waals surface area contributed by atoms with E-state index >= 15 is 0 Å². The summed E-state index contributed by atoms with van der Waals surface area (Å²) in [6.07, 6.45) is 0.263. The summed E-state index contributed by atoms with van der Waals surface area (Å²) in [7, 11) is 1.88. The number of guanidine groups is 1. The lowest BCUT2D eigenvalue weighted by molar-refractivity contribution is -0.0502. The van der Waals surface area contributed by atoms with Crippen molar-refractivity contribution in [2.75, 3.05) is 52.9 Å². The van der Waals surface area contributed by atoms with E-state index in [0.717, 1.165) is 58.4 Å². The van der Waals surface area contributed by atoms with E-state index in [1.807, 2.05) is 7.05 Å². The van der Waals surface area contributed by atoms with Gasteiger partial charge in [-0.1, -0.05) is 37.3 Å². The van der Waals surface area contributed by atoms with E-state index in [9.17, 15) is 0 Å². The summed E-state index contributed by atoms with van der Waals surface area (Å²) in [6.45, 7) is 14.4. The third-order valence-electron chi connectivity index (χ3n) is 5.97. The number of benzene rings is 1. The van der Waals surface area contributed by atoms with Crippen LogP contribution in [0.2, 0.25) is 0 Å². The summed E-state index contributed by atoms with van der Waals surface area (Å²) < 4.78 is 6.11. The first kappa shape index (κ1) is 21.1. The molecule has 1 aromatic carbocycles. The molecular weight excluding hydrogens is 350 g/mol. The molecule has 0 aromatic heterocycles.